The Morgan fingerprint density at radius 3 is 2.64 bits per heavy atom. The fourth-order valence-corrected chi connectivity index (χ4v) is 3.45. The maximum Gasteiger partial charge on any atom is 0.127 e. The molecule has 0 saturated heterocycles. The van der Waals surface area contributed by atoms with Crippen molar-refractivity contribution in [1.82, 2.24) is 0 Å². The third kappa shape index (κ3) is 2.25. The van der Waals surface area contributed by atoms with Crippen molar-refractivity contribution >= 4 is 11.4 Å². The predicted molar refractivity (Wildman–Crippen MR) is 89.9 cm³/mol. The molecule has 0 fully saturated rings. The maximum atomic E-state index is 9.71. The Balaban J connectivity index is 2.14. The molecular weight excluding hydrogens is 276 g/mol. The van der Waals surface area contributed by atoms with E-state index in [0.717, 1.165) is 16.9 Å². The standard InChI is InChI=1S/C18H22N2O2/c1-18(2)17(13-10-9-12(21)11-16(13)22-4)20(3)15-8-6-5-7-14(15)19-18/h5-11,17,19,21H,1-4H3. The summed E-state index contributed by atoms with van der Waals surface area (Å²) < 4.78 is 5.49. The number of hydrogen-bond donors (Lipinski definition) is 2. The number of phenolic OH excluding ortho intramolecular Hbond substituents is 1. The molecule has 4 nitrogen and oxygen atoms in total. The van der Waals surface area contributed by atoms with E-state index in [1.807, 2.05) is 18.2 Å². The molecule has 0 spiro atoms. The van der Waals surface area contributed by atoms with Crippen molar-refractivity contribution in [1.29, 1.82) is 0 Å². The average molecular weight is 298 g/mol. The van der Waals surface area contributed by atoms with E-state index in [4.69, 9.17) is 4.74 Å². The quantitative estimate of drug-likeness (QED) is 0.885. The van der Waals surface area contributed by atoms with E-state index in [1.54, 1.807) is 19.2 Å². The number of nitrogens with zero attached hydrogens (tertiary/aromatic N) is 1. The molecule has 0 aromatic heterocycles. The summed E-state index contributed by atoms with van der Waals surface area (Å²) in [5.74, 6) is 0.913. The normalized spacial score (nSPS) is 19.3. The number of aromatic hydroxyl groups is 1. The molecule has 2 aromatic carbocycles. The van der Waals surface area contributed by atoms with Gasteiger partial charge in [-0.1, -0.05) is 12.1 Å². The van der Waals surface area contributed by atoms with Gasteiger partial charge in [0.15, 0.2) is 0 Å². The second-order valence-corrected chi connectivity index (χ2v) is 6.30. The second kappa shape index (κ2) is 5.13. The van der Waals surface area contributed by atoms with E-state index in [0.29, 0.717) is 5.75 Å². The first kappa shape index (κ1) is 14.6. The summed E-state index contributed by atoms with van der Waals surface area (Å²) in [6.45, 7) is 4.35. The number of anilines is 2. The molecule has 0 bridgehead atoms. The maximum absolute atomic E-state index is 9.71. The van der Waals surface area contributed by atoms with Crippen LogP contribution in [0, 0.1) is 0 Å². The predicted octanol–water partition coefficient (Wildman–Crippen LogP) is 3.78. The molecule has 1 atom stereocenters. The first-order chi connectivity index (χ1) is 10.4. The Labute approximate surface area is 131 Å². The van der Waals surface area contributed by atoms with Gasteiger partial charge in [0.25, 0.3) is 0 Å². The third-order valence-corrected chi connectivity index (χ3v) is 4.32. The van der Waals surface area contributed by atoms with Crippen LogP contribution < -0.4 is 15.0 Å². The molecule has 1 aliphatic rings. The summed E-state index contributed by atoms with van der Waals surface area (Å²) in [4.78, 5) is 2.26. The van der Waals surface area contributed by atoms with Crippen LogP contribution in [0.4, 0.5) is 11.4 Å². The van der Waals surface area contributed by atoms with E-state index in [1.165, 1.54) is 0 Å². The topological polar surface area (TPSA) is 44.7 Å². The molecule has 0 saturated carbocycles. The van der Waals surface area contributed by atoms with Gasteiger partial charge in [-0.2, -0.15) is 0 Å². The van der Waals surface area contributed by atoms with E-state index in [9.17, 15) is 5.11 Å². The Kier molecular flexibility index (Phi) is 3.39. The zero-order valence-electron chi connectivity index (χ0n) is 13.4. The van der Waals surface area contributed by atoms with Crippen molar-refractivity contribution in [3.8, 4) is 11.5 Å². The summed E-state index contributed by atoms with van der Waals surface area (Å²) in [6, 6.07) is 13.7. The second-order valence-electron chi connectivity index (χ2n) is 6.30. The zero-order chi connectivity index (χ0) is 15.9. The molecule has 3 rings (SSSR count). The van der Waals surface area contributed by atoms with Crippen molar-refractivity contribution in [3.63, 3.8) is 0 Å². The minimum Gasteiger partial charge on any atom is -0.508 e. The molecule has 0 aliphatic carbocycles. The molecule has 1 heterocycles. The summed E-state index contributed by atoms with van der Waals surface area (Å²) in [5.41, 5.74) is 3.15. The van der Waals surface area contributed by atoms with E-state index < -0.39 is 0 Å². The molecule has 1 aliphatic heterocycles. The zero-order valence-corrected chi connectivity index (χ0v) is 13.4. The van der Waals surface area contributed by atoms with Gasteiger partial charge in [0.1, 0.15) is 11.5 Å². The number of benzene rings is 2. The minimum atomic E-state index is -0.187. The van der Waals surface area contributed by atoms with Crippen LogP contribution in [0.2, 0.25) is 0 Å². The van der Waals surface area contributed by atoms with Gasteiger partial charge in [-0.3, -0.25) is 0 Å². The number of nitrogens with one attached hydrogen (secondary N) is 1. The molecule has 0 radical (unpaired) electrons. The van der Waals surface area contributed by atoms with Gasteiger partial charge in [-0.25, -0.2) is 0 Å². The highest BCUT2D eigenvalue weighted by Crippen LogP contribution is 2.46. The first-order valence-electron chi connectivity index (χ1n) is 7.41. The Bertz CT molecular complexity index is 697. The Morgan fingerprint density at radius 2 is 1.91 bits per heavy atom. The monoisotopic (exact) mass is 298 g/mol. The summed E-state index contributed by atoms with van der Waals surface area (Å²) >= 11 is 0. The van der Waals surface area contributed by atoms with Crippen molar-refractivity contribution in [3.05, 3.63) is 48.0 Å². The van der Waals surface area contributed by atoms with E-state index >= 15 is 0 Å². The third-order valence-electron chi connectivity index (χ3n) is 4.32. The van der Waals surface area contributed by atoms with Crippen LogP contribution in [-0.4, -0.2) is 24.8 Å². The molecule has 4 heteroatoms. The number of fused-ring (bicyclic) bond motifs is 1. The number of rotatable bonds is 2. The molecule has 0 amide bonds. The van der Waals surface area contributed by atoms with Gasteiger partial charge in [-0.05, 0) is 38.1 Å². The number of methoxy groups -OCH3 is 1. The lowest BCUT2D eigenvalue weighted by Gasteiger charge is -2.48. The van der Waals surface area contributed by atoms with Crippen LogP contribution in [0.1, 0.15) is 25.5 Å². The van der Waals surface area contributed by atoms with Crippen LogP contribution in [0.5, 0.6) is 11.5 Å². The van der Waals surface area contributed by atoms with Crippen molar-refractivity contribution in [2.24, 2.45) is 0 Å². The highest BCUT2D eigenvalue weighted by atomic mass is 16.5. The Hall–Kier alpha value is -2.36. The SMILES string of the molecule is COc1cc(O)ccc1C1N(C)c2ccccc2NC1(C)C. The number of phenols is 1. The lowest BCUT2D eigenvalue weighted by Crippen LogP contribution is -2.49. The van der Waals surface area contributed by atoms with Gasteiger partial charge < -0.3 is 20.1 Å². The van der Waals surface area contributed by atoms with Crippen molar-refractivity contribution in [2.45, 2.75) is 25.4 Å². The number of para-hydroxylation sites is 2. The summed E-state index contributed by atoms with van der Waals surface area (Å²) in [5, 5.41) is 13.3. The van der Waals surface area contributed by atoms with Crippen LogP contribution in [0.15, 0.2) is 42.5 Å². The van der Waals surface area contributed by atoms with Crippen LogP contribution in [-0.2, 0) is 0 Å². The lowest BCUT2D eigenvalue weighted by atomic mass is 9.84. The highest BCUT2D eigenvalue weighted by Gasteiger charge is 2.40. The number of hydrogen-bond acceptors (Lipinski definition) is 4. The van der Waals surface area contributed by atoms with E-state index in [-0.39, 0.29) is 17.3 Å². The largest absolute Gasteiger partial charge is 0.508 e. The molecule has 2 N–H and O–H groups in total. The van der Waals surface area contributed by atoms with Crippen molar-refractivity contribution in [2.75, 3.05) is 24.4 Å². The van der Waals surface area contributed by atoms with Gasteiger partial charge in [0.05, 0.1) is 30.1 Å². The van der Waals surface area contributed by atoms with Crippen LogP contribution in [0.25, 0.3) is 0 Å². The van der Waals surface area contributed by atoms with Crippen molar-refractivity contribution < 1.29 is 9.84 Å². The molecule has 116 valence electrons. The van der Waals surface area contributed by atoms with Crippen LogP contribution >= 0.6 is 0 Å². The van der Waals surface area contributed by atoms with Gasteiger partial charge in [0.2, 0.25) is 0 Å². The molecular formula is C18H22N2O2. The summed E-state index contributed by atoms with van der Waals surface area (Å²) in [7, 11) is 3.73. The highest BCUT2D eigenvalue weighted by molar-refractivity contribution is 5.75. The van der Waals surface area contributed by atoms with Crippen LogP contribution in [0.3, 0.4) is 0 Å². The number of ether oxygens (including phenoxy) is 1. The fraction of sp³-hybridized carbons (Fsp3) is 0.333. The first-order valence-corrected chi connectivity index (χ1v) is 7.41. The number of likely N-dealkylation sites (N-methyl/N-ethyl adjacent to an activating group) is 1. The average Bonchev–Trinajstić information content (AvgIpc) is 2.47. The minimum absolute atomic E-state index is 0.0814. The Morgan fingerprint density at radius 1 is 1.18 bits per heavy atom. The molecule has 1 unspecified atom stereocenters. The van der Waals surface area contributed by atoms with E-state index in [2.05, 4.69) is 43.2 Å². The summed E-state index contributed by atoms with van der Waals surface area (Å²) in [6.07, 6.45) is 0. The fourth-order valence-electron chi connectivity index (χ4n) is 3.45. The molecule has 2 aromatic rings. The smallest absolute Gasteiger partial charge is 0.127 e. The van der Waals surface area contributed by atoms with Gasteiger partial charge in [0, 0.05) is 18.7 Å². The van der Waals surface area contributed by atoms with Gasteiger partial charge in [-0.15, -0.1) is 0 Å². The van der Waals surface area contributed by atoms with Gasteiger partial charge >= 0.3 is 0 Å². The lowest BCUT2D eigenvalue weighted by molar-refractivity contribution is 0.375. The molecule has 22 heavy (non-hydrogen) atoms.